The van der Waals surface area contributed by atoms with Crippen molar-refractivity contribution in [1.29, 1.82) is 0 Å². The Bertz CT molecular complexity index is 357. The fourth-order valence-corrected chi connectivity index (χ4v) is 2.26. The second-order valence-corrected chi connectivity index (χ2v) is 6.86. The Morgan fingerprint density at radius 3 is 2.23 bits per heavy atom. The summed E-state index contributed by atoms with van der Waals surface area (Å²) in [7, 11) is 0. The summed E-state index contributed by atoms with van der Waals surface area (Å²) < 4.78 is 10.8. The molecule has 0 rings (SSSR count). The van der Waals surface area contributed by atoms with Gasteiger partial charge in [-0.1, -0.05) is 44.9 Å². The van der Waals surface area contributed by atoms with Gasteiger partial charge in [-0.3, -0.25) is 0 Å². The second kappa shape index (κ2) is 11.4. The lowest BCUT2D eigenvalue weighted by atomic mass is 9.98. The summed E-state index contributed by atoms with van der Waals surface area (Å²) in [5.41, 5.74) is -0.526. The highest BCUT2D eigenvalue weighted by atomic mass is 16.7. The van der Waals surface area contributed by atoms with Crippen molar-refractivity contribution in [2.75, 3.05) is 0 Å². The number of unbranched alkanes of at least 4 members (excludes halogenated alkanes) is 5. The topological polar surface area (TPSA) is 35.5 Å². The molecule has 0 unspecified atom stereocenters. The molecule has 0 saturated heterocycles. The van der Waals surface area contributed by atoms with Crippen LogP contribution in [-0.4, -0.2) is 17.9 Å². The first kappa shape index (κ1) is 20.8. The minimum atomic E-state index is -0.590. The minimum Gasteiger partial charge on any atom is -0.430 e. The van der Waals surface area contributed by atoms with Gasteiger partial charge < -0.3 is 9.47 Å². The van der Waals surface area contributed by atoms with E-state index in [1.165, 1.54) is 32.1 Å². The molecule has 0 saturated carbocycles. The van der Waals surface area contributed by atoms with E-state index in [0.717, 1.165) is 12.8 Å². The molecule has 0 bridgehead atoms. The minimum absolute atomic E-state index is 0.0353. The molecule has 0 spiro atoms. The molecular formula is C19H34O3. The van der Waals surface area contributed by atoms with Gasteiger partial charge in [-0.25, -0.2) is 4.79 Å². The molecule has 0 aromatic carbocycles. The zero-order chi connectivity index (χ0) is 17.0. The third kappa shape index (κ3) is 11.5. The van der Waals surface area contributed by atoms with E-state index in [1.807, 2.05) is 34.6 Å². The zero-order valence-corrected chi connectivity index (χ0v) is 15.3. The molecule has 0 radical (unpaired) electrons. The lowest BCUT2D eigenvalue weighted by molar-refractivity contribution is -0.0352. The van der Waals surface area contributed by atoms with Crippen LogP contribution in [0.25, 0.3) is 0 Å². The first-order chi connectivity index (χ1) is 10.3. The van der Waals surface area contributed by atoms with Gasteiger partial charge >= 0.3 is 6.16 Å². The monoisotopic (exact) mass is 310 g/mol. The lowest BCUT2D eigenvalue weighted by Crippen LogP contribution is -2.30. The van der Waals surface area contributed by atoms with Gasteiger partial charge in [0.05, 0.1) is 5.92 Å². The van der Waals surface area contributed by atoms with Gasteiger partial charge in [-0.15, -0.1) is 5.92 Å². The Morgan fingerprint density at radius 2 is 1.68 bits per heavy atom. The van der Waals surface area contributed by atoms with Gasteiger partial charge in [-0.2, -0.15) is 0 Å². The molecule has 0 aromatic rings. The third-order valence-electron chi connectivity index (χ3n) is 3.41. The number of hydrogen-bond donors (Lipinski definition) is 0. The Kier molecular flexibility index (Phi) is 10.8. The first-order valence-corrected chi connectivity index (χ1v) is 8.62. The van der Waals surface area contributed by atoms with Crippen molar-refractivity contribution >= 4 is 6.16 Å². The van der Waals surface area contributed by atoms with Crippen molar-refractivity contribution in [3.63, 3.8) is 0 Å². The van der Waals surface area contributed by atoms with Gasteiger partial charge in [0.2, 0.25) is 0 Å². The SMILES string of the molecule is CC#C[C@@H](C)[C@H](CCCCCCCC)OC(=O)OC(C)(C)C. The van der Waals surface area contributed by atoms with E-state index in [4.69, 9.17) is 9.47 Å². The van der Waals surface area contributed by atoms with Crippen LogP contribution in [0.15, 0.2) is 0 Å². The summed E-state index contributed by atoms with van der Waals surface area (Å²) in [4.78, 5) is 11.9. The maximum absolute atomic E-state index is 11.9. The number of carbonyl (C=O) groups excluding carboxylic acids is 1. The molecule has 0 aromatic heterocycles. The Morgan fingerprint density at radius 1 is 1.09 bits per heavy atom. The quantitative estimate of drug-likeness (QED) is 0.310. The van der Waals surface area contributed by atoms with Crippen LogP contribution in [0.1, 0.15) is 86.5 Å². The second-order valence-electron chi connectivity index (χ2n) is 6.86. The van der Waals surface area contributed by atoms with Crippen LogP contribution in [0.2, 0.25) is 0 Å². The van der Waals surface area contributed by atoms with Crippen molar-refractivity contribution in [2.24, 2.45) is 5.92 Å². The van der Waals surface area contributed by atoms with E-state index >= 15 is 0 Å². The molecule has 2 atom stereocenters. The van der Waals surface area contributed by atoms with Gasteiger partial charge in [0.1, 0.15) is 11.7 Å². The predicted octanol–water partition coefficient (Wildman–Crippen LogP) is 5.72. The number of hydrogen-bond acceptors (Lipinski definition) is 3. The number of rotatable bonds is 9. The average Bonchev–Trinajstić information content (AvgIpc) is 2.39. The van der Waals surface area contributed by atoms with Crippen LogP contribution in [0, 0.1) is 17.8 Å². The van der Waals surface area contributed by atoms with E-state index in [0.29, 0.717) is 0 Å². The molecule has 128 valence electrons. The molecule has 22 heavy (non-hydrogen) atoms. The molecule has 0 aliphatic carbocycles. The molecule has 3 heteroatoms. The van der Waals surface area contributed by atoms with Crippen LogP contribution in [0.4, 0.5) is 4.79 Å². The summed E-state index contributed by atoms with van der Waals surface area (Å²) >= 11 is 0. The summed E-state index contributed by atoms with van der Waals surface area (Å²) in [6.45, 7) is 11.6. The van der Waals surface area contributed by atoms with Crippen LogP contribution < -0.4 is 0 Å². The maximum Gasteiger partial charge on any atom is 0.509 e. The first-order valence-electron chi connectivity index (χ1n) is 8.62. The van der Waals surface area contributed by atoms with Crippen LogP contribution in [0.5, 0.6) is 0 Å². The fraction of sp³-hybridized carbons (Fsp3) is 0.842. The maximum atomic E-state index is 11.9. The molecule has 0 aliphatic heterocycles. The molecule has 0 heterocycles. The van der Waals surface area contributed by atoms with Crippen LogP contribution in [0.3, 0.4) is 0 Å². The van der Waals surface area contributed by atoms with Crippen LogP contribution >= 0.6 is 0 Å². The van der Waals surface area contributed by atoms with Crippen molar-refractivity contribution in [3.8, 4) is 11.8 Å². The molecule has 0 aliphatic rings. The number of carbonyl (C=O) groups is 1. The smallest absolute Gasteiger partial charge is 0.430 e. The van der Waals surface area contributed by atoms with E-state index in [9.17, 15) is 4.79 Å². The Hall–Kier alpha value is -1.17. The van der Waals surface area contributed by atoms with Crippen molar-refractivity contribution in [2.45, 2.75) is 98.2 Å². The molecular weight excluding hydrogens is 276 g/mol. The predicted molar refractivity (Wildman–Crippen MR) is 91.7 cm³/mol. The summed E-state index contributed by atoms with van der Waals surface area (Å²) in [6.07, 6.45) is 7.42. The zero-order valence-electron chi connectivity index (χ0n) is 15.3. The van der Waals surface area contributed by atoms with E-state index in [2.05, 4.69) is 18.8 Å². The van der Waals surface area contributed by atoms with Crippen molar-refractivity contribution < 1.29 is 14.3 Å². The molecule has 0 fully saturated rings. The highest BCUT2D eigenvalue weighted by molar-refractivity contribution is 5.60. The van der Waals surface area contributed by atoms with Gasteiger partial charge in [0, 0.05) is 0 Å². The summed E-state index contributed by atoms with van der Waals surface area (Å²) in [5.74, 6) is 6.03. The largest absolute Gasteiger partial charge is 0.509 e. The van der Waals surface area contributed by atoms with E-state index in [-0.39, 0.29) is 12.0 Å². The lowest BCUT2D eigenvalue weighted by Gasteiger charge is -2.24. The molecule has 3 nitrogen and oxygen atoms in total. The van der Waals surface area contributed by atoms with Gasteiger partial charge in [0.25, 0.3) is 0 Å². The Labute approximate surface area is 137 Å². The van der Waals surface area contributed by atoms with E-state index < -0.39 is 11.8 Å². The molecule has 0 amide bonds. The van der Waals surface area contributed by atoms with Crippen molar-refractivity contribution in [1.82, 2.24) is 0 Å². The summed E-state index contributed by atoms with van der Waals surface area (Å²) in [5, 5.41) is 0. The Balaban J connectivity index is 4.32. The third-order valence-corrected chi connectivity index (χ3v) is 3.41. The average molecular weight is 310 g/mol. The normalized spacial score (nSPS) is 13.7. The van der Waals surface area contributed by atoms with E-state index in [1.54, 1.807) is 0 Å². The number of ether oxygens (including phenoxy) is 2. The van der Waals surface area contributed by atoms with Crippen molar-refractivity contribution in [3.05, 3.63) is 0 Å². The van der Waals surface area contributed by atoms with Gasteiger partial charge in [-0.05, 0) is 47.5 Å². The summed E-state index contributed by atoms with van der Waals surface area (Å²) in [6, 6.07) is 0. The standard InChI is InChI=1S/C19H34O3/c1-7-9-10-11-12-13-15-17(16(3)14-8-2)21-18(20)22-19(4,5)6/h16-17H,7,9-13,15H2,1-6H3/t16-,17+/m1/s1. The van der Waals surface area contributed by atoms with Gasteiger partial charge in [0.15, 0.2) is 0 Å². The fourth-order valence-electron chi connectivity index (χ4n) is 2.26. The van der Waals surface area contributed by atoms with Crippen LogP contribution in [-0.2, 0) is 9.47 Å². The molecule has 0 N–H and O–H groups in total. The highest BCUT2D eigenvalue weighted by Crippen LogP contribution is 2.18. The highest BCUT2D eigenvalue weighted by Gasteiger charge is 2.24.